The number of aromatic nitrogens is 1. The maximum Gasteiger partial charge on any atom is 0.419 e. The van der Waals surface area contributed by atoms with Gasteiger partial charge in [0.25, 0.3) is 0 Å². The highest BCUT2D eigenvalue weighted by Crippen LogP contribution is 2.34. The Hall–Kier alpha value is -2.57. The van der Waals surface area contributed by atoms with E-state index in [1.165, 1.54) is 36.5 Å². The fourth-order valence-corrected chi connectivity index (χ4v) is 1.60. The van der Waals surface area contributed by atoms with Gasteiger partial charge >= 0.3 is 12.1 Å². The third-order valence-corrected chi connectivity index (χ3v) is 2.49. The Bertz CT molecular complexity index is 642. The largest absolute Gasteiger partial charge is 0.478 e. The highest BCUT2D eigenvalue weighted by Gasteiger charge is 2.34. The van der Waals surface area contributed by atoms with E-state index >= 15 is 0 Å². The molecule has 0 aliphatic heterocycles. The molecule has 2 aromatic rings. The monoisotopic (exact) mass is 282 g/mol. The lowest BCUT2D eigenvalue weighted by Crippen LogP contribution is -2.10. The minimum Gasteiger partial charge on any atom is -0.478 e. The minimum absolute atomic E-state index is 0.0283. The van der Waals surface area contributed by atoms with Crippen molar-refractivity contribution in [1.29, 1.82) is 0 Å². The molecule has 7 heteroatoms. The molecule has 0 radical (unpaired) electrons. The van der Waals surface area contributed by atoms with E-state index in [0.29, 0.717) is 0 Å². The van der Waals surface area contributed by atoms with E-state index in [2.05, 4.69) is 10.3 Å². The van der Waals surface area contributed by atoms with Crippen LogP contribution in [0.15, 0.2) is 42.6 Å². The van der Waals surface area contributed by atoms with E-state index in [1.54, 1.807) is 0 Å². The van der Waals surface area contributed by atoms with Crippen LogP contribution >= 0.6 is 0 Å². The molecule has 0 unspecified atom stereocenters. The average Bonchev–Trinajstić information content (AvgIpc) is 2.38. The van der Waals surface area contributed by atoms with Crippen LogP contribution < -0.4 is 5.32 Å². The Balaban J connectivity index is 2.36. The van der Waals surface area contributed by atoms with Gasteiger partial charge in [-0.1, -0.05) is 6.07 Å². The fraction of sp³-hybridized carbons (Fsp3) is 0.0769. The highest BCUT2D eigenvalue weighted by atomic mass is 19.4. The smallest absolute Gasteiger partial charge is 0.419 e. The zero-order chi connectivity index (χ0) is 14.8. The summed E-state index contributed by atoms with van der Waals surface area (Å²) in [5.41, 5.74) is -0.727. The molecule has 0 amide bonds. The van der Waals surface area contributed by atoms with E-state index in [9.17, 15) is 18.0 Å². The second kappa shape index (κ2) is 5.20. The van der Waals surface area contributed by atoms with Gasteiger partial charge in [0.1, 0.15) is 5.82 Å². The van der Waals surface area contributed by atoms with Crippen LogP contribution in [0.3, 0.4) is 0 Å². The molecule has 1 aromatic heterocycles. The third kappa shape index (κ3) is 3.05. The van der Waals surface area contributed by atoms with Crippen molar-refractivity contribution in [2.24, 2.45) is 0 Å². The van der Waals surface area contributed by atoms with Gasteiger partial charge in [0.15, 0.2) is 0 Å². The number of pyridine rings is 1. The standard InChI is InChI=1S/C13H9F3N2O2/c14-13(15,16)10-5-2-6-17-11(10)18-9-4-1-3-8(7-9)12(19)20/h1-7H,(H,17,18)(H,19,20). The summed E-state index contributed by atoms with van der Waals surface area (Å²) in [4.78, 5) is 14.4. The molecule has 0 saturated heterocycles. The van der Waals surface area contributed by atoms with Gasteiger partial charge in [0, 0.05) is 11.9 Å². The predicted octanol–water partition coefficient (Wildman–Crippen LogP) is 3.54. The van der Waals surface area contributed by atoms with E-state index < -0.39 is 17.7 Å². The molecule has 2 N–H and O–H groups in total. The van der Waals surface area contributed by atoms with Gasteiger partial charge in [-0.2, -0.15) is 13.2 Å². The summed E-state index contributed by atoms with van der Waals surface area (Å²) in [7, 11) is 0. The average molecular weight is 282 g/mol. The molecular formula is C13H9F3N2O2. The minimum atomic E-state index is -4.54. The number of carboxylic acids is 1. The number of halogens is 3. The number of alkyl halides is 3. The molecule has 0 aliphatic carbocycles. The quantitative estimate of drug-likeness (QED) is 0.903. The number of benzene rings is 1. The molecule has 0 atom stereocenters. The molecule has 104 valence electrons. The second-order valence-electron chi connectivity index (χ2n) is 3.91. The number of nitrogens with one attached hydrogen (secondary N) is 1. The Kier molecular flexibility index (Phi) is 3.60. The van der Waals surface area contributed by atoms with Crippen LogP contribution in [0.5, 0.6) is 0 Å². The SMILES string of the molecule is O=C(O)c1cccc(Nc2ncccc2C(F)(F)F)c1. The summed E-state index contributed by atoms with van der Waals surface area (Å²) in [5, 5.41) is 11.3. The van der Waals surface area contributed by atoms with Gasteiger partial charge in [0.2, 0.25) is 0 Å². The number of aromatic carboxylic acids is 1. The zero-order valence-electron chi connectivity index (χ0n) is 9.98. The summed E-state index contributed by atoms with van der Waals surface area (Å²) in [6.45, 7) is 0. The van der Waals surface area contributed by atoms with Crippen molar-refractivity contribution in [2.75, 3.05) is 5.32 Å². The van der Waals surface area contributed by atoms with Crippen LogP contribution in [-0.4, -0.2) is 16.1 Å². The van der Waals surface area contributed by atoms with Crippen LogP contribution in [0.2, 0.25) is 0 Å². The van der Waals surface area contributed by atoms with Crippen molar-refractivity contribution in [1.82, 2.24) is 4.98 Å². The van der Waals surface area contributed by atoms with Gasteiger partial charge < -0.3 is 10.4 Å². The number of carbonyl (C=O) groups is 1. The Labute approximate surface area is 111 Å². The van der Waals surface area contributed by atoms with Crippen LogP contribution in [0.4, 0.5) is 24.7 Å². The summed E-state index contributed by atoms with van der Waals surface area (Å²) in [6, 6.07) is 7.55. The van der Waals surface area contributed by atoms with Gasteiger partial charge in [-0.3, -0.25) is 0 Å². The van der Waals surface area contributed by atoms with Gasteiger partial charge in [-0.05, 0) is 30.3 Å². The number of rotatable bonds is 3. The lowest BCUT2D eigenvalue weighted by atomic mass is 10.2. The lowest BCUT2D eigenvalue weighted by molar-refractivity contribution is -0.137. The van der Waals surface area contributed by atoms with Crippen molar-refractivity contribution < 1.29 is 23.1 Å². The fourth-order valence-electron chi connectivity index (χ4n) is 1.60. The molecule has 0 saturated carbocycles. The molecule has 0 fully saturated rings. The number of nitrogens with zero attached hydrogens (tertiary/aromatic N) is 1. The number of hydrogen-bond acceptors (Lipinski definition) is 3. The third-order valence-electron chi connectivity index (χ3n) is 2.49. The van der Waals surface area contributed by atoms with Gasteiger partial charge in [-0.25, -0.2) is 9.78 Å². The van der Waals surface area contributed by atoms with Gasteiger partial charge in [0.05, 0.1) is 11.1 Å². The van der Waals surface area contributed by atoms with Crippen LogP contribution in [0.25, 0.3) is 0 Å². The highest BCUT2D eigenvalue weighted by molar-refractivity contribution is 5.89. The molecule has 4 nitrogen and oxygen atoms in total. The summed E-state index contributed by atoms with van der Waals surface area (Å²) < 4.78 is 38.4. The molecule has 0 aliphatic rings. The van der Waals surface area contributed by atoms with E-state index in [4.69, 9.17) is 5.11 Å². The van der Waals surface area contributed by atoms with E-state index in [-0.39, 0.29) is 17.1 Å². The number of carboxylic acid groups (broad SMARTS) is 1. The normalized spacial score (nSPS) is 11.2. The number of anilines is 2. The first-order valence-electron chi connectivity index (χ1n) is 5.50. The maximum absolute atomic E-state index is 12.8. The lowest BCUT2D eigenvalue weighted by Gasteiger charge is -2.13. The Morgan fingerprint density at radius 1 is 1.20 bits per heavy atom. The first-order chi connectivity index (χ1) is 9.38. The van der Waals surface area contributed by atoms with Crippen LogP contribution in [0.1, 0.15) is 15.9 Å². The van der Waals surface area contributed by atoms with E-state index in [0.717, 1.165) is 6.07 Å². The molecule has 1 aromatic carbocycles. The summed E-state index contributed by atoms with van der Waals surface area (Å²) in [5.74, 6) is -1.53. The molecule has 0 spiro atoms. The predicted molar refractivity (Wildman–Crippen MR) is 65.9 cm³/mol. The molecular weight excluding hydrogens is 273 g/mol. The zero-order valence-corrected chi connectivity index (χ0v) is 9.98. The first-order valence-corrected chi connectivity index (χ1v) is 5.50. The first kappa shape index (κ1) is 13.9. The van der Waals surface area contributed by atoms with Crippen molar-refractivity contribution in [3.8, 4) is 0 Å². The number of hydrogen-bond donors (Lipinski definition) is 2. The molecule has 0 bridgehead atoms. The van der Waals surface area contributed by atoms with Crippen molar-refractivity contribution >= 4 is 17.5 Å². The van der Waals surface area contributed by atoms with Crippen molar-refractivity contribution in [3.05, 3.63) is 53.7 Å². The molecule has 2 rings (SSSR count). The topological polar surface area (TPSA) is 62.2 Å². The Morgan fingerprint density at radius 3 is 2.60 bits per heavy atom. The van der Waals surface area contributed by atoms with Crippen molar-refractivity contribution in [3.63, 3.8) is 0 Å². The molecule has 20 heavy (non-hydrogen) atoms. The summed E-state index contributed by atoms with van der Waals surface area (Å²) >= 11 is 0. The van der Waals surface area contributed by atoms with Crippen molar-refractivity contribution in [2.45, 2.75) is 6.18 Å². The van der Waals surface area contributed by atoms with Crippen LogP contribution in [0, 0.1) is 0 Å². The second-order valence-corrected chi connectivity index (χ2v) is 3.91. The van der Waals surface area contributed by atoms with E-state index in [1.807, 2.05) is 0 Å². The Morgan fingerprint density at radius 2 is 1.95 bits per heavy atom. The van der Waals surface area contributed by atoms with Crippen LogP contribution in [-0.2, 0) is 6.18 Å². The summed E-state index contributed by atoms with van der Waals surface area (Å²) in [6.07, 6.45) is -3.32. The maximum atomic E-state index is 12.8. The molecule has 1 heterocycles. The van der Waals surface area contributed by atoms with Gasteiger partial charge in [-0.15, -0.1) is 0 Å².